The molecule has 2 heterocycles. The lowest BCUT2D eigenvalue weighted by Crippen LogP contribution is -2.19. The minimum Gasteiger partial charge on any atom is -0.310 e. The average molecular weight is 366 g/mol. The first-order valence-corrected chi connectivity index (χ1v) is 10.0. The van der Waals surface area contributed by atoms with Crippen molar-refractivity contribution in [1.82, 2.24) is 14.8 Å². The first-order chi connectivity index (χ1) is 12.7. The number of rotatable bonds is 5. The van der Waals surface area contributed by atoms with Gasteiger partial charge in [0, 0.05) is 11.5 Å². The molecule has 0 unspecified atom stereocenters. The van der Waals surface area contributed by atoms with Crippen molar-refractivity contribution in [2.24, 2.45) is 0 Å². The number of hydrogen-bond donors (Lipinski definition) is 1. The van der Waals surface area contributed by atoms with Crippen molar-refractivity contribution in [3.8, 4) is 0 Å². The molecule has 1 aliphatic carbocycles. The van der Waals surface area contributed by atoms with Crippen molar-refractivity contribution < 1.29 is 4.79 Å². The third kappa shape index (κ3) is 3.60. The fraction of sp³-hybridized carbons (Fsp3) is 0.350. The molecule has 1 aliphatic rings. The predicted octanol–water partition coefficient (Wildman–Crippen LogP) is 4.59. The molecule has 4 rings (SSSR count). The molecule has 1 saturated carbocycles. The van der Waals surface area contributed by atoms with Crippen molar-refractivity contribution in [3.05, 3.63) is 48.2 Å². The average Bonchev–Trinajstić information content (AvgIpc) is 3.31. The van der Waals surface area contributed by atoms with E-state index in [2.05, 4.69) is 28.4 Å². The van der Waals surface area contributed by atoms with Crippen LogP contribution in [0.4, 0.5) is 5.82 Å². The molecule has 3 aromatic rings. The van der Waals surface area contributed by atoms with E-state index >= 15 is 0 Å². The maximum absolute atomic E-state index is 12.4. The van der Waals surface area contributed by atoms with Crippen LogP contribution in [-0.2, 0) is 4.79 Å². The number of aromatic nitrogens is 3. The van der Waals surface area contributed by atoms with Gasteiger partial charge in [-0.15, -0.1) is 0 Å². The van der Waals surface area contributed by atoms with Gasteiger partial charge in [-0.3, -0.25) is 4.79 Å². The molecule has 0 aliphatic heterocycles. The monoisotopic (exact) mass is 366 g/mol. The largest absolute Gasteiger partial charge is 0.310 e. The first kappa shape index (κ1) is 17.1. The van der Waals surface area contributed by atoms with E-state index in [0.717, 1.165) is 34.6 Å². The van der Waals surface area contributed by atoms with E-state index in [0.29, 0.717) is 11.8 Å². The van der Waals surface area contributed by atoms with Gasteiger partial charge in [-0.1, -0.05) is 42.8 Å². The van der Waals surface area contributed by atoms with Gasteiger partial charge in [0.25, 0.3) is 0 Å². The van der Waals surface area contributed by atoms with Crippen LogP contribution in [0.25, 0.3) is 10.9 Å². The van der Waals surface area contributed by atoms with Crippen molar-refractivity contribution in [1.29, 1.82) is 0 Å². The zero-order valence-corrected chi connectivity index (χ0v) is 15.6. The van der Waals surface area contributed by atoms with Gasteiger partial charge in [0.2, 0.25) is 5.91 Å². The van der Waals surface area contributed by atoms with Crippen molar-refractivity contribution >= 4 is 34.4 Å². The Kier molecular flexibility index (Phi) is 4.93. The highest BCUT2D eigenvalue weighted by atomic mass is 32.2. The highest BCUT2D eigenvalue weighted by Gasteiger charge is 2.20. The minimum absolute atomic E-state index is 0.0256. The molecule has 1 fully saturated rings. The smallest absolute Gasteiger partial charge is 0.235 e. The first-order valence-electron chi connectivity index (χ1n) is 9.03. The maximum atomic E-state index is 12.4. The number of thioether (sulfide) groups is 1. The van der Waals surface area contributed by atoms with Gasteiger partial charge >= 0.3 is 0 Å². The van der Waals surface area contributed by atoms with Crippen LogP contribution < -0.4 is 5.32 Å². The van der Waals surface area contributed by atoms with Crippen LogP contribution in [0.3, 0.4) is 0 Å². The van der Waals surface area contributed by atoms with Gasteiger partial charge in [0.15, 0.2) is 0 Å². The molecule has 5 nitrogen and oxygen atoms in total. The summed E-state index contributed by atoms with van der Waals surface area (Å²) in [7, 11) is 0. The van der Waals surface area contributed by atoms with E-state index in [1.807, 2.05) is 35.0 Å². The topological polar surface area (TPSA) is 59.8 Å². The normalized spacial score (nSPS) is 14.8. The van der Waals surface area contributed by atoms with E-state index < -0.39 is 0 Å². The molecule has 1 amide bonds. The Bertz CT molecular complexity index is 930. The number of fused-ring (bicyclic) bond motifs is 1. The molecule has 0 spiro atoms. The number of benzene rings is 1. The van der Waals surface area contributed by atoms with Gasteiger partial charge in [0.1, 0.15) is 5.82 Å². The molecule has 0 saturated heterocycles. The Labute approximate surface area is 157 Å². The van der Waals surface area contributed by atoms with Crippen LogP contribution in [0.15, 0.2) is 47.6 Å². The molecular formula is C20H22N4OS. The summed E-state index contributed by atoms with van der Waals surface area (Å²) in [6.45, 7) is 2.08. The van der Waals surface area contributed by atoms with Crippen LogP contribution in [0, 0.1) is 6.92 Å². The third-order valence-corrected chi connectivity index (χ3v) is 5.77. The second-order valence-corrected chi connectivity index (χ2v) is 7.73. The molecule has 0 radical (unpaired) electrons. The quantitative estimate of drug-likeness (QED) is 0.671. The fourth-order valence-corrected chi connectivity index (χ4v) is 4.34. The van der Waals surface area contributed by atoms with Gasteiger partial charge in [-0.05, 0) is 37.5 Å². The fourth-order valence-electron chi connectivity index (χ4n) is 3.56. The third-order valence-electron chi connectivity index (χ3n) is 4.86. The number of carbonyl (C=O) groups is 1. The maximum Gasteiger partial charge on any atom is 0.235 e. The number of aryl methyl sites for hydroxylation is 1. The van der Waals surface area contributed by atoms with Crippen LogP contribution in [0.1, 0.15) is 37.3 Å². The van der Waals surface area contributed by atoms with E-state index in [-0.39, 0.29) is 5.91 Å². The number of amides is 1. The second kappa shape index (κ2) is 7.50. The highest BCUT2D eigenvalue weighted by molar-refractivity contribution is 7.99. The Balaban J connectivity index is 1.41. The van der Waals surface area contributed by atoms with Crippen LogP contribution >= 0.6 is 11.8 Å². The number of carbonyl (C=O) groups excluding carboxylic acids is 1. The molecule has 6 heteroatoms. The number of para-hydroxylation sites is 1. The standard InChI is InChI=1S/C20H22N4OS/c1-14-12-20(22-17-9-5-4-8-16(14)17)26-13-19(25)23-18-10-11-21-24(18)15-6-2-3-7-15/h4-5,8-12,15H,2-3,6-7,13H2,1H3,(H,23,25). The van der Waals surface area contributed by atoms with Crippen molar-refractivity contribution in [3.63, 3.8) is 0 Å². The molecule has 26 heavy (non-hydrogen) atoms. The van der Waals surface area contributed by atoms with Crippen LogP contribution in [-0.4, -0.2) is 26.4 Å². The summed E-state index contributed by atoms with van der Waals surface area (Å²) >= 11 is 1.46. The summed E-state index contributed by atoms with van der Waals surface area (Å²) in [4.78, 5) is 17.0. The molecule has 1 aromatic carbocycles. The van der Waals surface area contributed by atoms with E-state index in [1.165, 1.54) is 30.2 Å². The van der Waals surface area contributed by atoms with Gasteiger partial charge in [0.05, 0.1) is 28.5 Å². The SMILES string of the molecule is Cc1cc(SCC(=O)Nc2ccnn2C2CCCC2)nc2ccccc12. The lowest BCUT2D eigenvalue weighted by atomic mass is 10.1. The summed E-state index contributed by atoms with van der Waals surface area (Å²) in [5.74, 6) is 1.10. The molecule has 134 valence electrons. The molecule has 0 atom stereocenters. The Morgan fingerprint density at radius 3 is 2.92 bits per heavy atom. The predicted molar refractivity (Wildman–Crippen MR) is 106 cm³/mol. The zero-order chi connectivity index (χ0) is 17.9. The lowest BCUT2D eigenvalue weighted by Gasteiger charge is -2.14. The molecule has 0 bridgehead atoms. The van der Waals surface area contributed by atoms with E-state index in [1.54, 1.807) is 6.20 Å². The number of hydrogen-bond acceptors (Lipinski definition) is 4. The summed E-state index contributed by atoms with van der Waals surface area (Å²) in [6, 6.07) is 12.4. The molecule has 2 aromatic heterocycles. The molecular weight excluding hydrogens is 344 g/mol. The Morgan fingerprint density at radius 1 is 1.27 bits per heavy atom. The number of nitrogens with one attached hydrogen (secondary N) is 1. The van der Waals surface area contributed by atoms with E-state index in [9.17, 15) is 4.79 Å². The summed E-state index contributed by atoms with van der Waals surface area (Å²) in [5.41, 5.74) is 2.15. The zero-order valence-electron chi connectivity index (χ0n) is 14.8. The Morgan fingerprint density at radius 2 is 2.08 bits per heavy atom. The summed E-state index contributed by atoms with van der Waals surface area (Å²) in [5, 5.41) is 9.43. The lowest BCUT2D eigenvalue weighted by molar-refractivity contribution is -0.113. The van der Waals surface area contributed by atoms with Gasteiger partial charge in [-0.2, -0.15) is 5.10 Å². The number of pyridine rings is 1. The number of nitrogens with zero attached hydrogens (tertiary/aromatic N) is 3. The van der Waals surface area contributed by atoms with Gasteiger partial charge < -0.3 is 5.32 Å². The van der Waals surface area contributed by atoms with Gasteiger partial charge in [-0.25, -0.2) is 9.67 Å². The summed E-state index contributed by atoms with van der Waals surface area (Å²) < 4.78 is 1.97. The van der Waals surface area contributed by atoms with Crippen molar-refractivity contribution in [2.75, 3.05) is 11.1 Å². The Hall–Kier alpha value is -2.34. The van der Waals surface area contributed by atoms with Crippen LogP contribution in [0.5, 0.6) is 0 Å². The summed E-state index contributed by atoms with van der Waals surface area (Å²) in [6.07, 6.45) is 6.51. The van der Waals surface area contributed by atoms with E-state index in [4.69, 9.17) is 0 Å². The number of anilines is 1. The second-order valence-electron chi connectivity index (χ2n) is 6.73. The minimum atomic E-state index is -0.0256. The molecule has 1 N–H and O–H groups in total. The van der Waals surface area contributed by atoms with Crippen LogP contribution in [0.2, 0.25) is 0 Å². The van der Waals surface area contributed by atoms with Crippen molar-refractivity contribution in [2.45, 2.75) is 43.7 Å². The highest BCUT2D eigenvalue weighted by Crippen LogP contribution is 2.31.